The Bertz CT molecular complexity index is 493. The van der Waals surface area contributed by atoms with Gasteiger partial charge in [0, 0.05) is 17.4 Å². The topological polar surface area (TPSA) is 56.0 Å². The SMILES string of the molecule is NCCC(=O)Cc1nc(-c2ccccc2)cs1. The summed E-state index contributed by atoms with van der Waals surface area (Å²) in [5.74, 6) is 0.154. The lowest BCUT2D eigenvalue weighted by Gasteiger charge is -1.95. The van der Waals surface area contributed by atoms with Crippen LogP contribution in [0, 0.1) is 0 Å². The lowest BCUT2D eigenvalue weighted by molar-refractivity contribution is -0.118. The molecule has 0 aliphatic carbocycles. The van der Waals surface area contributed by atoms with Crippen molar-refractivity contribution >= 4 is 17.1 Å². The maximum atomic E-state index is 11.4. The fraction of sp³-hybridized carbons (Fsp3) is 0.231. The number of hydrogen-bond acceptors (Lipinski definition) is 4. The number of hydrogen-bond donors (Lipinski definition) is 1. The third kappa shape index (κ3) is 3.22. The summed E-state index contributed by atoms with van der Waals surface area (Å²) < 4.78 is 0. The van der Waals surface area contributed by atoms with Gasteiger partial charge in [-0.1, -0.05) is 30.3 Å². The van der Waals surface area contributed by atoms with Gasteiger partial charge in [0.2, 0.25) is 0 Å². The Morgan fingerprint density at radius 1 is 1.29 bits per heavy atom. The number of thiazole rings is 1. The smallest absolute Gasteiger partial charge is 0.140 e. The third-order valence-corrected chi connectivity index (χ3v) is 3.24. The Hall–Kier alpha value is -1.52. The van der Waals surface area contributed by atoms with Crippen molar-refractivity contribution in [3.63, 3.8) is 0 Å². The average molecular weight is 246 g/mol. The van der Waals surface area contributed by atoms with Crippen molar-refractivity contribution in [2.75, 3.05) is 6.54 Å². The number of benzene rings is 1. The molecule has 0 unspecified atom stereocenters. The van der Waals surface area contributed by atoms with Gasteiger partial charge < -0.3 is 5.73 Å². The number of aromatic nitrogens is 1. The molecule has 0 spiro atoms. The Labute approximate surface area is 104 Å². The summed E-state index contributed by atoms with van der Waals surface area (Å²) in [6.07, 6.45) is 0.828. The van der Waals surface area contributed by atoms with E-state index in [4.69, 9.17) is 5.73 Å². The fourth-order valence-corrected chi connectivity index (χ4v) is 2.38. The van der Waals surface area contributed by atoms with Crippen LogP contribution in [0.5, 0.6) is 0 Å². The van der Waals surface area contributed by atoms with E-state index in [1.165, 1.54) is 11.3 Å². The van der Waals surface area contributed by atoms with E-state index in [0.29, 0.717) is 19.4 Å². The predicted octanol–water partition coefficient (Wildman–Crippen LogP) is 2.27. The predicted molar refractivity (Wildman–Crippen MR) is 69.9 cm³/mol. The summed E-state index contributed by atoms with van der Waals surface area (Å²) in [5, 5.41) is 2.85. The van der Waals surface area contributed by atoms with Crippen LogP contribution in [0.1, 0.15) is 11.4 Å². The molecule has 2 rings (SSSR count). The summed E-state index contributed by atoms with van der Waals surface area (Å²) in [5.41, 5.74) is 7.36. The number of nitrogens with zero attached hydrogens (tertiary/aromatic N) is 1. The van der Waals surface area contributed by atoms with Gasteiger partial charge in [0.25, 0.3) is 0 Å². The Morgan fingerprint density at radius 3 is 2.76 bits per heavy atom. The van der Waals surface area contributed by atoms with Crippen molar-refractivity contribution in [1.82, 2.24) is 4.98 Å². The number of nitrogens with two attached hydrogens (primary N) is 1. The molecule has 3 nitrogen and oxygen atoms in total. The van der Waals surface area contributed by atoms with Crippen molar-refractivity contribution < 1.29 is 4.79 Å². The van der Waals surface area contributed by atoms with E-state index >= 15 is 0 Å². The van der Waals surface area contributed by atoms with Crippen LogP contribution in [-0.4, -0.2) is 17.3 Å². The van der Waals surface area contributed by atoms with Gasteiger partial charge in [-0.05, 0) is 6.54 Å². The molecule has 2 aromatic rings. The largest absolute Gasteiger partial charge is 0.330 e. The zero-order valence-corrected chi connectivity index (χ0v) is 10.2. The molecular weight excluding hydrogens is 232 g/mol. The third-order valence-electron chi connectivity index (χ3n) is 2.39. The quantitative estimate of drug-likeness (QED) is 0.880. The molecule has 2 N–H and O–H groups in total. The first-order valence-electron chi connectivity index (χ1n) is 5.51. The van der Waals surface area contributed by atoms with Crippen LogP contribution in [-0.2, 0) is 11.2 Å². The van der Waals surface area contributed by atoms with E-state index in [1.54, 1.807) is 0 Å². The van der Waals surface area contributed by atoms with Crippen LogP contribution >= 0.6 is 11.3 Å². The molecule has 17 heavy (non-hydrogen) atoms. The van der Waals surface area contributed by atoms with Gasteiger partial charge in [0.15, 0.2) is 0 Å². The molecule has 1 heterocycles. The van der Waals surface area contributed by atoms with E-state index in [-0.39, 0.29) is 5.78 Å². The second-order valence-electron chi connectivity index (χ2n) is 3.75. The molecule has 0 aliphatic heterocycles. The van der Waals surface area contributed by atoms with Crippen LogP contribution in [0.4, 0.5) is 0 Å². The highest BCUT2D eigenvalue weighted by Crippen LogP contribution is 2.21. The first kappa shape index (κ1) is 12.0. The molecule has 1 aromatic carbocycles. The second kappa shape index (κ2) is 5.70. The summed E-state index contributed by atoms with van der Waals surface area (Å²) in [6, 6.07) is 9.96. The van der Waals surface area contributed by atoms with Crippen LogP contribution in [0.25, 0.3) is 11.3 Å². The lowest BCUT2D eigenvalue weighted by atomic mass is 10.2. The molecular formula is C13H14N2OS. The molecule has 0 atom stereocenters. The van der Waals surface area contributed by atoms with Gasteiger partial charge in [-0.15, -0.1) is 11.3 Å². The van der Waals surface area contributed by atoms with Crippen molar-refractivity contribution in [3.05, 3.63) is 40.7 Å². The molecule has 0 amide bonds. The van der Waals surface area contributed by atoms with Crippen molar-refractivity contribution in [3.8, 4) is 11.3 Å². The maximum Gasteiger partial charge on any atom is 0.140 e. The minimum Gasteiger partial charge on any atom is -0.330 e. The average Bonchev–Trinajstić information content (AvgIpc) is 2.79. The van der Waals surface area contributed by atoms with Gasteiger partial charge in [-0.25, -0.2) is 4.98 Å². The molecule has 0 fully saturated rings. The molecule has 0 radical (unpaired) electrons. The second-order valence-corrected chi connectivity index (χ2v) is 4.69. The summed E-state index contributed by atoms with van der Waals surface area (Å²) in [6.45, 7) is 0.412. The highest BCUT2D eigenvalue weighted by atomic mass is 32.1. The molecule has 0 saturated heterocycles. The number of Topliss-reactive ketones (excluding diaryl/α,β-unsaturated/α-hetero) is 1. The summed E-state index contributed by atoms with van der Waals surface area (Å²) in [4.78, 5) is 15.9. The highest BCUT2D eigenvalue weighted by Gasteiger charge is 2.08. The van der Waals surface area contributed by atoms with E-state index in [0.717, 1.165) is 16.3 Å². The monoisotopic (exact) mass is 246 g/mol. The van der Waals surface area contributed by atoms with Gasteiger partial charge in [-0.3, -0.25) is 4.79 Å². The standard InChI is InChI=1S/C13H14N2OS/c14-7-6-11(16)8-13-15-12(9-17-13)10-4-2-1-3-5-10/h1-5,9H,6-8,14H2. The van der Waals surface area contributed by atoms with Crippen LogP contribution in [0.2, 0.25) is 0 Å². The number of carbonyl (C=O) groups excluding carboxylic acids is 1. The maximum absolute atomic E-state index is 11.4. The molecule has 0 saturated carbocycles. The highest BCUT2D eigenvalue weighted by molar-refractivity contribution is 7.10. The van der Waals surface area contributed by atoms with Gasteiger partial charge in [0.1, 0.15) is 10.8 Å². The van der Waals surface area contributed by atoms with Crippen LogP contribution in [0.15, 0.2) is 35.7 Å². The summed E-state index contributed by atoms with van der Waals surface area (Å²) >= 11 is 1.53. The minimum atomic E-state index is 0.154. The molecule has 0 bridgehead atoms. The van der Waals surface area contributed by atoms with Crippen LogP contribution in [0.3, 0.4) is 0 Å². The first-order valence-corrected chi connectivity index (χ1v) is 6.39. The Morgan fingerprint density at radius 2 is 2.06 bits per heavy atom. The van der Waals surface area contributed by atoms with Gasteiger partial charge in [0.05, 0.1) is 12.1 Å². The Balaban J connectivity index is 2.09. The van der Waals surface area contributed by atoms with Gasteiger partial charge in [-0.2, -0.15) is 0 Å². The van der Waals surface area contributed by atoms with Crippen LogP contribution < -0.4 is 5.73 Å². The minimum absolute atomic E-state index is 0.154. The first-order chi connectivity index (χ1) is 8.29. The van der Waals surface area contributed by atoms with E-state index in [2.05, 4.69) is 4.98 Å². The van der Waals surface area contributed by atoms with Crippen molar-refractivity contribution in [2.45, 2.75) is 12.8 Å². The van der Waals surface area contributed by atoms with Crippen molar-refractivity contribution in [1.29, 1.82) is 0 Å². The zero-order chi connectivity index (χ0) is 12.1. The van der Waals surface area contributed by atoms with Gasteiger partial charge >= 0.3 is 0 Å². The Kier molecular flexibility index (Phi) is 4.01. The summed E-state index contributed by atoms with van der Waals surface area (Å²) in [7, 11) is 0. The fourth-order valence-electron chi connectivity index (χ4n) is 1.55. The molecule has 0 aliphatic rings. The molecule has 4 heteroatoms. The zero-order valence-electron chi connectivity index (χ0n) is 9.43. The normalized spacial score (nSPS) is 10.4. The number of rotatable bonds is 5. The molecule has 88 valence electrons. The number of ketones is 1. The van der Waals surface area contributed by atoms with E-state index in [9.17, 15) is 4.79 Å². The van der Waals surface area contributed by atoms with E-state index < -0.39 is 0 Å². The number of carbonyl (C=O) groups is 1. The lowest BCUT2D eigenvalue weighted by Crippen LogP contribution is -2.09. The van der Waals surface area contributed by atoms with E-state index in [1.807, 2.05) is 35.7 Å². The molecule has 1 aromatic heterocycles. The van der Waals surface area contributed by atoms with Crippen molar-refractivity contribution in [2.24, 2.45) is 5.73 Å².